The van der Waals surface area contributed by atoms with Gasteiger partial charge in [-0.05, 0) is 46.1 Å². The molecule has 0 aromatic rings. The summed E-state index contributed by atoms with van der Waals surface area (Å²) >= 11 is 0. The number of nitrogens with two attached hydrogens (primary N) is 2. The van der Waals surface area contributed by atoms with Crippen LogP contribution >= 0.6 is 0 Å². The Bertz CT molecular complexity index is 1500. The second kappa shape index (κ2) is 32.8. The summed E-state index contributed by atoms with van der Waals surface area (Å²) in [5, 5.41) is 47.3. The van der Waals surface area contributed by atoms with Crippen molar-refractivity contribution in [3.05, 3.63) is 0 Å². The Morgan fingerprint density at radius 3 is 1.88 bits per heavy atom. The first-order chi connectivity index (χ1) is 30.5. The molecule has 8 atom stereocenters. The van der Waals surface area contributed by atoms with Crippen LogP contribution in [0, 0.1) is 0 Å². The fourth-order valence-electron chi connectivity index (χ4n) is 6.92. The normalized spacial score (nSPS) is 25.1. The van der Waals surface area contributed by atoms with E-state index in [9.17, 15) is 58.5 Å². The third-order valence-electron chi connectivity index (χ3n) is 10.6. The Morgan fingerprint density at radius 1 is 0.719 bits per heavy atom. The van der Waals surface area contributed by atoms with Crippen LogP contribution in [0.2, 0.25) is 0 Å². The highest BCUT2D eigenvalue weighted by Gasteiger charge is 2.36. The predicted octanol–water partition coefficient (Wildman–Crippen LogP) is -1.90. The number of Topliss-reactive ketones (excluding diaryl/α,β-unsaturated/α-hetero) is 2. The minimum Gasteiger partial charge on any atom is -0.446 e. The lowest BCUT2D eigenvalue weighted by molar-refractivity contribution is -0.134. The van der Waals surface area contributed by atoms with Crippen molar-refractivity contribution >= 4 is 53.1 Å². The van der Waals surface area contributed by atoms with Crippen LogP contribution in [0.1, 0.15) is 130 Å². The highest BCUT2D eigenvalue weighted by Crippen LogP contribution is 2.15. The molecule has 1 aliphatic rings. The summed E-state index contributed by atoms with van der Waals surface area (Å²) in [6.45, 7) is 1.95. The maximum atomic E-state index is 13.7. The van der Waals surface area contributed by atoms with Crippen molar-refractivity contribution in [2.75, 3.05) is 32.8 Å². The molecule has 1 fully saturated rings. The zero-order chi connectivity index (χ0) is 48.0. The quantitative estimate of drug-likeness (QED) is 0.0594. The first-order valence-corrected chi connectivity index (χ1v) is 22.6. The molecule has 1 rings (SSSR count). The summed E-state index contributed by atoms with van der Waals surface area (Å²) in [6, 6.07) is -8.93. The van der Waals surface area contributed by atoms with E-state index in [1.54, 1.807) is 0 Å². The van der Waals surface area contributed by atoms with E-state index in [4.69, 9.17) is 16.2 Å². The molecule has 0 bridgehead atoms. The fourth-order valence-corrected chi connectivity index (χ4v) is 6.92. The summed E-state index contributed by atoms with van der Waals surface area (Å²) < 4.78 is 5.55. The number of carbonyl (C=O) groups is 9. The molecule has 0 aliphatic carbocycles. The van der Waals surface area contributed by atoms with Crippen molar-refractivity contribution in [1.82, 2.24) is 37.2 Å². The molecule has 0 aromatic carbocycles. The predicted molar refractivity (Wildman–Crippen MR) is 234 cm³/mol. The van der Waals surface area contributed by atoms with Crippen LogP contribution < -0.4 is 48.7 Å². The van der Waals surface area contributed by atoms with Crippen LogP contribution in [0.5, 0.6) is 0 Å². The van der Waals surface area contributed by atoms with Crippen molar-refractivity contribution in [3.63, 3.8) is 0 Å². The molecule has 22 nitrogen and oxygen atoms in total. The third-order valence-corrected chi connectivity index (χ3v) is 10.6. The van der Waals surface area contributed by atoms with Crippen LogP contribution in [-0.4, -0.2) is 150 Å². The van der Waals surface area contributed by atoms with Gasteiger partial charge in [-0.15, -0.1) is 0 Å². The molecule has 1 aliphatic heterocycles. The Labute approximate surface area is 375 Å². The minimum atomic E-state index is -1.74. The van der Waals surface area contributed by atoms with Gasteiger partial charge in [-0.2, -0.15) is 0 Å². The van der Waals surface area contributed by atoms with E-state index in [0.717, 1.165) is 39.0 Å². The molecular weight excluding hydrogens is 839 g/mol. The average molecular weight is 914 g/mol. The number of unbranched alkanes of at least 4 members (excludes halogenated alkanes) is 10. The van der Waals surface area contributed by atoms with Crippen LogP contribution in [-0.2, 0) is 43.1 Å². The van der Waals surface area contributed by atoms with Gasteiger partial charge in [-0.3, -0.25) is 43.7 Å². The number of cyclic esters (lactones) is 1. The van der Waals surface area contributed by atoms with Gasteiger partial charge in [-0.1, -0.05) is 71.1 Å². The molecule has 7 amide bonds. The summed E-state index contributed by atoms with van der Waals surface area (Å²) in [5.74, 6) is -6.94. The Morgan fingerprint density at radius 2 is 1.31 bits per heavy atom. The number of hydrogen-bond acceptors (Lipinski definition) is 15. The number of aliphatic hydroxyl groups excluding tert-OH is 3. The van der Waals surface area contributed by atoms with Crippen LogP contribution in [0.25, 0.3) is 0 Å². The summed E-state index contributed by atoms with van der Waals surface area (Å²) in [4.78, 5) is 117. The average Bonchev–Trinajstić information content (AvgIpc) is 3.24. The molecule has 1 saturated heterocycles. The van der Waals surface area contributed by atoms with E-state index in [1.165, 1.54) is 39.0 Å². The first kappa shape index (κ1) is 57.2. The van der Waals surface area contributed by atoms with Gasteiger partial charge in [0.15, 0.2) is 11.6 Å². The van der Waals surface area contributed by atoms with E-state index < -0.39 is 134 Å². The van der Waals surface area contributed by atoms with Crippen molar-refractivity contribution in [1.29, 1.82) is 0 Å². The Balaban J connectivity index is 3.35. The molecule has 22 heteroatoms. The van der Waals surface area contributed by atoms with Crippen LogP contribution in [0.3, 0.4) is 0 Å². The van der Waals surface area contributed by atoms with Gasteiger partial charge in [0.25, 0.3) is 0 Å². The molecule has 0 aromatic heterocycles. The number of ketones is 2. The number of carbonyl (C=O) groups excluding carboxylic acids is 9. The zero-order valence-electron chi connectivity index (χ0n) is 37.8. The van der Waals surface area contributed by atoms with E-state index in [0.29, 0.717) is 12.8 Å². The van der Waals surface area contributed by atoms with E-state index in [1.807, 2.05) is 0 Å². The fraction of sp³-hybridized carbons (Fsp3) is 0.786. The number of alkyl carbamates (subject to hydrolysis) is 1. The second-order valence-corrected chi connectivity index (χ2v) is 16.3. The van der Waals surface area contributed by atoms with Gasteiger partial charge in [0, 0.05) is 19.4 Å². The van der Waals surface area contributed by atoms with Gasteiger partial charge in [-0.25, -0.2) is 4.79 Å². The highest BCUT2D eigenvalue weighted by atomic mass is 16.6. The maximum Gasteiger partial charge on any atom is 0.407 e. The second-order valence-electron chi connectivity index (χ2n) is 16.3. The molecular formula is C42H75N9O13. The molecule has 0 radical (unpaired) electrons. The Hall–Kier alpha value is -4.77. The largest absolute Gasteiger partial charge is 0.446 e. The van der Waals surface area contributed by atoms with Gasteiger partial charge in [0.2, 0.25) is 35.4 Å². The minimum absolute atomic E-state index is 0.104. The van der Waals surface area contributed by atoms with Crippen molar-refractivity contribution < 1.29 is 63.2 Å². The number of hydrogen-bond donors (Lipinski definition) is 12. The van der Waals surface area contributed by atoms with Gasteiger partial charge < -0.3 is 63.4 Å². The highest BCUT2D eigenvalue weighted by molar-refractivity contribution is 5.97. The molecule has 0 spiro atoms. The third kappa shape index (κ3) is 23.8. The SMILES string of the molecule is CCCCCCCCCCCCCC1CC(=O)NC(C)C(=O)NC(CCCN)C(=O)NCCC(=O)C(CO)NC(=O)C(CO)NC(CC(N)=O)C(=O)C(C(C)O)NC(=O)CNC(=O)O1. The van der Waals surface area contributed by atoms with Gasteiger partial charge >= 0.3 is 6.09 Å². The lowest BCUT2D eigenvalue weighted by Crippen LogP contribution is -2.61. The van der Waals surface area contributed by atoms with E-state index in [-0.39, 0.29) is 32.4 Å². The summed E-state index contributed by atoms with van der Waals surface area (Å²) in [7, 11) is 0. The number of primary amides is 1. The molecule has 14 N–H and O–H groups in total. The smallest absolute Gasteiger partial charge is 0.407 e. The first-order valence-electron chi connectivity index (χ1n) is 22.6. The summed E-state index contributed by atoms with van der Waals surface area (Å²) in [5.41, 5.74) is 11.0. The summed E-state index contributed by atoms with van der Waals surface area (Å²) in [6.07, 6.45) is 7.20. The zero-order valence-corrected chi connectivity index (χ0v) is 37.8. The van der Waals surface area contributed by atoms with Gasteiger partial charge in [0.05, 0.1) is 31.8 Å². The Kier molecular flexibility index (Phi) is 29.4. The number of ether oxygens (including phenoxy) is 1. The molecule has 64 heavy (non-hydrogen) atoms. The maximum absolute atomic E-state index is 13.7. The molecule has 366 valence electrons. The van der Waals surface area contributed by atoms with E-state index in [2.05, 4.69) is 44.1 Å². The lowest BCUT2D eigenvalue weighted by atomic mass is 9.97. The number of nitrogens with one attached hydrogen (secondary N) is 7. The molecule has 8 unspecified atom stereocenters. The van der Waals surface area contributed by atoms with Crippen LogP contribution in [0.4, 0.5) is 4.79 Å². The standard InChI is InChI=1S/C42H75N9O13/c1-4-5-6-7-8-9-10-11-12-13-14-16-28-21-35(57)47-26(2)39(60)49-29(17-15-19-43)40(61)45-20-18-33(55)31(24-52)50-41(62)32(25-53)48-30(22-34(44)56)38(59)37(27(3)54)51-36(58)23-46-42(63)64-28/h26-32,37,48,52-54H,4-25,43H2,1-3H3,(H2,44,56)(H,45,61)(H,46,63)(H,47,57)(H,49,60)(H,50,62)(H,51,58). The lowest BCUT2D eigenvalue weighted by Gasteiger charge is -2.28. The van der Waals surface area contributed by atoms with Crippen molar-refractivity contribution in [2.45, 2.75) is 178 Å². The molecule has 1 heterocycles. The monoisotopic (exact) mass is 914 g/mol. The number of rotatable bonds is 20. The van der Waals surface area contributed by atoms with Gasteiger partial charge in [0.1, 0.15) is 42.9 Å². The van der Waals surface area contributed by atoms with Crippen molar-refractivity contribution in [3.8, 4) is 0 Å². The van der Waals surface area contributed by atoms with E-state index >= 15 is 0 Å². The van der Waals surface area contributed by atoms with Crippen molar-refractivity contribution in [2.24, 2.45) is 11.5 Å². The number of aliphatic hydroxyl groups is 3. The molecule has 0 saturated carbocycles. The topological polar surface area (TPSA) is 360 Å². The van der Waals surface area contributed by atoms with Crippen LogP contribution in [0.15, 0.2) is 0 Å². The number of amides is 7.